The zero-order valence-corrected chi connectivity index (χ0v) is 13.7. The van der Waals surface area contributed by atoms with Gasteiger partial charge in [0.15, 0.2) is 0 Å². The summed E-state index contributed by atoms with van der Waals surface area (Å²) in [7, 11) is 4.10. The normalized spacial score (nSPS) is 17.0. The summed E-state index contributed by atoms with van der Waals surface area (Å²) in [6, 6.07) is 6.60. The van der Waals surface area contributed by atoms with E-state index in [0.717, 1.165) is 37.0 Å². The van der Waals surface area contributed by atoms with E-state index in [0.29, 0.717) is 12.5 Å². The number of H-pyrrole nitrogens is 1. The zero-order chi connectivity index (χ0) is 15.7. The maximum absolute atomic E-state index is 12.6. The first-order chi connectivity index (χ1) is 10.6. The number of likely N-dealkylation sites (tertiary alicyclic amines) is 1. The third-order valence-corrected chi connectivity index (χ3v) is 4.97. The molecule has 1 aliphatic heterocycles. The SMILES string of the molecule is Cc1cccc2[nH]cc(CC(=O)N(C)C3CCN(C)CC3)c12. The second kappa shape index (κ2) is 6.13. The summed E-state index contributed by atoms with van der Waals surface area (Å²) in [4.78, 5) is 20.2. The van der Waals surface area contributed by atoms with Gasteiger partial charge in [-0.25, -0.2) is 0 Å². The second-order valence-electron chi connectivity index (χ2n) is 6.53. The molecule has 1 saturated heterocycles. The number of fused-ring (bicyclic) bond motifs is 1. The lowest BCUT2D eigenvalue weighted by atomic mass is 10.0. The zero-order valence-electron chi connectivity index (χ0n) is 13.7. The van der Waals surface area contributed by atoms with Crippen LogP contribution in [-0.4, -0.2) is 53.9 Å². The fourth-order valence-corrected chi connectivity index (χ4v) is 3.46. The Bertz CT molecular complexity index is 668. The molecule has 3 rings (SSSR count). The van der Waals surface area contributed by atoms with Crippen LogP contribution >= 0.6 is 0 Å². The Balaban J connectivity index is 1.73. The van der Waals surface area contributed by atoms with Gasteiger partial charge in [-0.3, -0.25) is 4.79 Å². The van der Waals surface area contributed by atoms with Crippen LogP contribution in [-0.2, 0) is 11.2 Å². The summed E-state index contributed by atoms with van der Waals surface area (Å²) in [5.74, 6) is 0.221. The van der Waals surface area contributed by atoms with E-state index in [-0.39, 0.29) is 5.91 Å². The Kier molecular flexibility index (Phi) is 4.21. The summed E-state index contributed by atoms with van der Waals surface area (Å²) in [5.41, 5.74) is 3.45. The monoisotopic (exact) mass is 299 g/mol. The first-order valence-electron chi connectivity index (χ1n) is 8.06. The number of nitrogens with one attached hydrogen (secondary N) is 1. The van der Waals surface area contributed by atoms with Gasteiger partial charge < -0.3 is 14.8 Å². The molecule has 4 heteroatoms. The van der Waals surface area contributed by atoms with E-state index in [1.807, 2.05) is 24.2 Å². The van der Waals surface area contributed by atoms with Crippen molar-refractivity contribution in [1.82, 2.24) is 14.8 Å². The van der Waals surface area contributed by atoms with Gasteiger partial charge in [-0.05, 0) is 57.1 Å². The number of hydrogen-bond donors (Lipinski definition) is 1. The van der Waals surface area contributed by atoms with Gasteiger partial charge >= 0.3 is 0 Å². The third-order valence-electron chi connectivity index (χ3n) is 4.97. The third kappa shape index (κ3) is 2.88. The molecular weight excluding hydrogens is 274 g/mol. The topological polar surface area (TPSA) is 39.3 Å². The van der Waals surface area contributed by atoms with Crippen LogP contribution in [0, 0.1) is 6.92 Å². The average molecular weight is 299 g/mol. The minimum absolute atomic E-state index is 0.221. The van der Waals surface area contributed by atoms with Crippen molar-refractivity contribution in [3.8, 4) is 0 Å². The summed E-state index contributed by atoms with van der Waals surface area (Å²) in [6.45, 7) is 4.26. The molecule has 118 valence electrons. The van der Waals surface area contributed by atoms with Gasteiger partial charge in [-0.2, -0.15) is 0 Å². The van der Waals surface area contributed by atoms with Crippen LogP contribution in [0.15, 0.2) is 24.4 Å². The van der Waals surface area contributed by atoms with Crippen LogP contribution in [0.1, 0.15) is 24.0 Å². The molecule has 1 N–H and O–H groups in total. The number of aryl methyl sites for hydroxylation is 1. The van der Waals surface area contributed by atoms with E-state index in [9.17, 15) is 4.79 Å². The molecule has 2 aromatic rings. The van der Waals surface area contributed by atoms with Crippen molar-refractivity contribution in [2.24, 2.45) is 0 Å². The van der Waals surface area contributed by atoms with Gasteiger partial charge in [-0.15, -0.1) is 0 Å². The number of nitrogens with zero attached hydrogens (tertiary/aromatic N) is 2. The van der Waals surface area contributed by atoms with Crippen molar-refractivity contribution in [2.45, 2.75) is 32.2 Å². The number of benzene rings is 1. The molecule has 1 aliphatic rings. The minimum atomic E-state index is 0.221. The molecule has 0 atom stereocenters. The Morgan fingerprint density at radius 1 is 1.36 bits per heavy atom. The number of hydrogen-bond acceptors (Lipinski definition) is 2. The minimum Gasteiger partial charge on any atom is -0.361 e. The number of rotatable bonds is 3. The summed E-state index contributed by atoms with van der Waals surface area (Å²) in [6.07, 6.45) is 4.61. The number of aromatic amines is 1. The predicted molar refractivity (Wildman–Crippen MR) is 90.0 cm³/mol. The van der Waals surface area contributed by atoms with Crippen LogP contribution in [0.3, 0.4) is 0 Å². The largest absolute Gasteiger partial charge is 0.361 e. The molecule has 1 amide bonds. The molecule has 1 fully saturated rings. The van der Waals surface area contributed by atoms with E-state index in [1.54, 1.807) is 0 Å². The molecule has 0 unspecified atom stereocenters. The second-order valence-corrected chi connectivity index (χ2v) is 6.53. The highest BCUT2D eigenvalue weighted by Gasteiger charge is 2.24. The molecule has 0 bridgehead atoms. The van der Waals surface area contributed by atoms with Crippen LogP contribution in [0.2, 0.25) is 0 Å². The Morgan fingerprint density at radius 3 is 2.82 bits per heavy atom. The summed E-state index contributed by atoms with van der Waals surface area (Å²) in [5, 5.41) is 1.20. The van der Waals surface area contributed by atoms with Crippen LogP contribution in [0.25, 0.3) is 10.9 Å². The van der Waals surface area contributed by atoms with Crippen molar-refractivity contribution in [2.75, 3.05) is 27.2 Å². The maximum atomic E-state index is 12.6. The number of carbonyl (C=O) groups excluding carboxylic acids is 1. The number of carbonyl (C=O) groups is 1. The fourth-order valence-electron chi connectivity index (χ4n) is 3.46. The van der Waals surface area contributed by atoms with Crippen molar-refractivity contribution in [1.29, 1.82) is 0 Å². The molecule has 0 spiro atoms. The Morgan fingerprint density at radius 2 is 2.09 bits per heavy atom. The quantitative estimate of drug-likeness (QED) is 0.946. The van der Waals surface area contributed by atoms with Gasteiger partial charge in [0.1, 0.15) is 0 Å². The van der Waals surface area contributed by atoms with Crippen molar-refractivity contribution in [3.05, 3.63) is 35.5 Å². The highest BCUT2D eigenvalue weighted by atomic mass is 16.2. The highest BCUT2D eigenvalue weighted by Crippen LogP contribution is 2.23. The van der Waals surface area contributed by atoms with Gasteiger partial charge in [0.25, 0.3) is 0 Å². The molecule has 1 aromatic heterocycles. The molecule has 0 saturated carbocycles. The number of aromatic nitrogens is 1. The summed E-state index contributed by atoms with van der Waals surface area (Å²) < 4.78 is 0. The summed E-state index contributed by atoms with van der Waals surface area (Å²) >= 11 is 0. The van der Waals surface area contributed by atoms with Gasteiger partial charge in [-0.1, -0.05) is 12.1 Å². The van der Waals surface area contributed by atoms with Gasteiger partial charge in [0, 0.05) is 30.2 Å². The Hall–Kier alpha value is -1.81. The fraction of sp³-hybridized carbons (Fsp3) is 0.500. The molecular formula is C18H25N3O. The smallest absolute Gasteiger partial charge is 0.227 e. The first kappa shape index (κ1) is 15.1. The van der Waals surface area contributed by atoms with E-state index < -0.39 is 0 Å². The number of amides is 1. The van der Waals surface area contributed by atoms with E-state index in [4.69, 9.17) is 0 Å². The van der Waals surface area contributed by atoms with Crippen molar-refractivity contribution in [3.63, 3.8) is 0 Å². The molecule has 1 aromatic carbocycles. The molecule has 4 nitrogen and oxygen atoms in total. The average Bonchev–Trinajstić information content (AvgIpc) is 2.92. The predicted octanol–water partition coefficient (Wildman–Crippen LogP) is 2.57. The lowest BCUT2D eigenvalue weighted by molar-refractivity contribution is -0.132. The van der Waals surface area contributed by atoms with Gasteiger partial charge in [0.2, 0.25) is 5.91 Å². The molecule has 0 radical (unpaired) electrons. The number of likely N-dealkylation sites (N-methyl/N-ethyl adjacent to an activating group) is 1. The standard InChI is InChI=1S/C18H25N3O/c1-13-5-4-6-16-18(13)14(12-19-16)11-17(22)21(3)15-7-9-20(2)10-8-15/h4-6,12,15,19H,7-11H2,1-3H3. The molecule has 2 heterocycles. The lowest BCUT2D eigenvalue weighted by Crippen LogP contribution is -2.44. The van der Waals surface area contributed by atoms with Crippen molar-refractivity contribution >= 4 is 16.8 Å². The van der Waals surface area contributed by atoms with Crippen molar-refractivity contribution < 1.29 is 4.79 Å². The maximum Gasteiger partial charge on any atom is 0.227 e. The first-order valence-corrected chi connectivity index (χ1v) is 8.06. The number of piperidine rings is 1. The Labute approximate surface area is 132 Å². The van der Waals surface area contributed by atoms with Gasteiger partial charge in [0.05, 0.1) is 6.42 Å². The van der Waals surface area contributed by atoms with E-state index in [2.05, 4.69) is 36.0 Å². The van der Waals surface area contributed by atoms with E-state index >= 15 is 0 Å². The molecule has 22 heavy (non-hydrogen) atoms. The van der Waals surface area contributed by atoms with E-state index in [1.165, 1.54) is 10.9 Å². The van der Waals surface area contributed by atoms with Crippen LogP contribution < -0.4 is 0 Å². The lowest BCUT2D eigenvalue weighted by Gasteiger charge is -2.35. The van der Waals surface area contributed by atoms with Crippen LogP contribution in [0.5, 0.6) is 0 Å². The van der Waals surface area contributed by atoms with Crippen LogP contribution in [0.4, 0.5) is 0 Å². The molecule has 0 aliphatic carbocycles. The highest BCUT2D eigenvalue weighted by molar-refractivity contribution is 5.91.